The lowest BCUT2D eigenvalue weighted by molar-refractivity contribution is 0.0697. The van der Waals surface area contributed by atoms with E-state index in [1.807, 2.05) is 18.2 Å². The van der Waals surface area contributed by atoms with Crippen LogP contribution in [0.25, 0.3) is 0 Å². The average molecular weight is 337 g/mol. The van der Waals surface area contributed by atoms with Crippen LogP contribution in [0.1, 0.15) is 15.9 Å². The maximum absolute atomic E-state index is 10.8. The molecule has 0 aliphatic carbocycles. The molecule has 104 valence electrons. The number of methoxy groups -OCH3 is 1. The van der Waals surface area contributed by atoms with Gasteiger partial charge in [0.1, 0.15) is 18.1 Å². The summed E-state index contributed by atoms with van der Waals surface area (Å²) < 4.78 is 11.8. The molecule has 0 heterocycles. The topological polar surface area (TPSA) is 55.8 Å². The van der Waals surface area contributed by atoms with Crippen LogP contribution in [-0.2, 0) is 6.61 Å². The molecule has 2 aromatic carbocycles. The van der Waals surface area contributed by atoms with Gasteiger partial charge < -0.3 is 14.6 Å². The molecule has 0 radical (unpaired) electrons. The van der Waals surface area contributed by atoms with Gasteiger partial charge in [-0.05, 0) is 42.5 Å². The Kier molecular flexibility index (Phi) is 4.63. The van der Waals surface area contributed by atoms with E-state index < -0.39 is 5.97 Å². The van der Waals surface area contributed by atoms with Gasteiger partial charge in [0.15, 0.2) is 0 Å². The number of carboxylic acids is 1. The Balaban J connectivity index is 2.08. The summed E-state index contributed by atoms with van der Waals surface area (Å²) in [6.45, 7) is 0.342. The van der Waals surface area contributed by atoms with E-state index >= 15 is 0 Å². The second kappa shape index (κ2) is 6.43. The van der Waals surface area contributed by atoms with E-state index in [-0.39, 0.29) is 5.56 Å². The number of rotatable bonds is 5. The molecular formula is C15H13BrO4. The highest BCUT2D eigenvalue weighted by Gasteiger charge is 2.06. The predicted octanol–water partition coefficient (Wildman–Crippen LogP) is 3.73. The summed E-state index contributed by atoms with van der Waals surface area (Å²) in [6, 6.07) is 12.0. The Bertz CT molecular complexity index is 608. The summed E-state index contributed by atoms with van der Waals surface area (Å²) in [7, 11) is 1.61. The molecule has 0 unspecified atom stereocenters. The number of halogens is 1. The molecule has 0 aliphatic rings. The number of carboxylic acid groups (broad SMARTS) is 1. The first-order valence-electron chi connectivity index (χ1n) is 5.88. The molecule has 5 heteroatoms. The quantitative estimate of drug-likeness (QED) is 0.903. The summed E-state index contributed by atoms with van der Waals surface area (Å²) >= 11 is 3.40. The number of benzene rings is 2. The minimum Gasteiger partial charge on any atom is -0.496 e. The van der Waals surface area contributed by atoms with Gasteiger partial charge in [-0.3, -0.25) is 0 Å². The smallest absolute Gasteiger partial charge is 0.335 e. The van der Waals surface area contributed by atoms with Crippen LogP contribution in [0.3, 0.4) is 0 Å². The molecule has 20 heavy (non-hydrogen) atoms. The molecule has 1 N–H and O–H groups in total. The fourth-order valence-corrected chi connectivity index (χ4v) is 2.12. The van der Waals surface area contributed by atoms with Crippen molar-refractivity contribution in [3.05, 3.63) is 58.1 Å². The third-order valence-corrected chi connectivity index (χ3v) is 3.23. The third kappa shape index (κ3) is 3.51. The minimum absolute atomic E-state index is 0.234. The van der Waals surface area contributed by atoms with Gasteiger partial charge in [-0.1, -0.05) is 15.9 Å². The van der Waals surface area contributed by atoms with Crippen LogP contribution in [0.4, 0.5) is 0 Å². The van der Waals surface area contributed by atoms with Crippen molar-refractivity contribution in [1.29, 1.82) is 0 Å². The van der Waals surface area contributed by atoms with Crippen molar-refractivity contribution in [2.75, 3.05) is 7.11 Å². The molecule has 2 rings (SSSR count). The predicted molar refractivity (Wildman–Crippen MR) is 78.4 cm³/mol. The number of hydrogen-bond acceptors (Lipinski definition) is 3. The number of aromatic carboxylic acids is 1. The van der Waals surface area contributed by atoms with Crippen molar-refractivity contribution in [3.63, 3.8) is 0 Å². The fraction of sp³-hybridized carbons (Fsp3) is 0.133. The minimum atomic E-state index is -0.954. The Labute approximate surface area is 125 Å². The highest BCUT2D eigenvalue weighted by atomic mass is 79.9. The fourth-order valence-electron chi connectivity index (χ4n) is 1.71. The van der Waals surface area contributed by atoms with E-state index in [2.05, 4.69) is 15.9 Å². The Morgan fingerprint density at radius 3 is 2.50 bits per heavy atom. The SMILES string of the molecule is COc1ccc(Br)cc1COc1ccc(C(=O)O)cc1. The molecule has 0 atom stereocenters. The molecule has 0 aliphatic heterocycles. The number of carbonyl (C=O) groups is 1. The zero-order chi connectivity index (χ0) is 14.5. The molecular weight excluding hydrogens is 324 g/mol. The first-order valence-corrected chi connectivity index (χ1v) is 6.68. The van der Waals surface area contributed by atoms with Crippen molar-refractivity contribution in [1.82, 2.24) is 0 Å². The summed E-state index contributed by atoms with van der Waals surface area (Å²) in [5, 5.41) is 8.82. The van der Waals surface area contributed by atoms with E-state index in [0.717, 1.165) is 15.8 Å². The molecule has 0 saturated heterocycles. The average Bonchev–Trinajstić information content (AvgIpc) is 2.45. The van der Waals surface area contributed by atoms with E-state index in [4.69, 9.17) is 14.6 Å². The van der Waals surface area contributed by atoms with Crippen LogP contribution >= 0.6 is 15.9 Å². The summed E-state index contributed by atoms with van der Waals surface area (Å²) in [4.78, 5) is 10.8. The molecule has 0 spiro atoms. The summed E-state index contributed by atoms with van der Waals surface area (Å²) in [5.74, 6) is 0.401. The van der Waals surface area contributed by atoms with Gasteiger partial charge in [-0.15, -0.1) is 0 Å². The van der Waals surface area contributed by atoms with E-state index in [0.29, 0.717) is 12.4 Å². The van der Waals surface area contributed by atoms with Crippen molar-refractivity contribution < 1.29 is 19.4 Å². The van der Waals surface area contributed by atoms with Crippen LogP contribution in [0.15, 0.2) is 46.9 Å². The summed E-state index contributed by atoms with van der Waals surface area (Å²) in [6.07, 6.45) is 0. The van der Waals surface area contributed by atoms with Crippen molar-refractivity contribution >= 4 is 21.9 Å². The van der Waals surface area contributed by atoms with Gasteiger partial charge in [0.2, 0.25) is 0 Å². The standard InChI is InChI=1S/C15H13BrO4/c1-19-14-7-4-12(16)8-11(14)9-20-13-5-2-10(3-6-13)15(17)18/h2-8H,9H2,1H3,(H,17,18). The summed E-state index contributed by atoms with van der Waals surface area (Å²) in [5.41, 5.74) is 1.14. The second-order valence-corrected chi connectivity index (χ2v) is 4.99. The largest absolute Gasteiger partial charge is 0.496 e. The lowest BCUT2D eigenvalue weighted by Gasteiger charge is -2.11. The second-order valence-electron chi connectivity index (χ2n) is 4.07. The van der Waals surface area contributed by atoms with Gasteiger partial charge in [-0.25, -0.2) is 4.79 Å². The normalized spacial score (nSPS) is 10.1. The van der Waals surface area contributed by atoms with Crippen LogP contribution in [0.2, 0.25) is 0 Å². The first-order chi connectivity index (χ1) is 9.60. The molecule has 0 bridgehead atoms. The first kappa shape index (κ1) is 14.4. The van der Waals surface area contributed by atoms with Crippen LogP contribution in [0.5, 0.6) is 11.5 Å². The molecule has 0 aromatic heterocycles. The van der Waals surface area contributed by atoms with Gasteiger partial charge >= 0.3 is 5.97 Å². The molecule has 2 aromatic rings. The van der Waals surface area contributed by atoms with Gasteiger partial charge in [0.05, 0.1) is 12.7 Å². The highest BCUT2D eigenvalue weighted by Crippen LogP contribution is 2.24. The maximum atomic E-state index is 10.8. The van der Waals surface area contributed by atoms with E-state index in [1.54, 1.807) is 19.2 Å². The lowest BCUT2D eigenvalue weighted by Crippen LogP contribution is -2.00. The van der Waals surface area contributed by atoms with Gasteiger partial charge in [0, 0.05) is 10.0 Å². The van der Waals surface area contributed by atoms with Crippen LogP contribution in [0, 0.1) is 0 Å². The molecule has 4 nitrogen and oxygen atoms in total. The van der Waals surface area contributed by atoms with Crippen molar-refractivity contribution in [2.45, 2.75) is 6.61 Å². The zero-order valence-electron chi connectivity index (χ0n) is 10.8. The molecule has 0 fully saturated rings. The highest BCUT2D eigenvalue weighted by molar-refractivity contribution is 9.10. The Hall–Kier alpha value is -2.01. The Morgan fingerprint density at radius 1 is 1.20 bits per heavy atom. The molecule has 0 amide bonds. The maximum Gasteiger partial charge on any atom is 0.335 e. The van der Waals surface area contributed by atoms with Crippen molar-refractivity contribution in [3.8, 4) is 11.5 Å². The third-order valence-electron chi connectivity index (χ3n) is 2.74. The van der Waals surface area contributed by atoms with Crippen molar-refractivity contribution in [2.24, 2.45) is 0 Å². The van der Waals surface area contributed by atoms with Crippen LogP contribution in [-0.4, -0.2) is 18.2 Å². The monoisotopic (exact) mass is 336 g/mol. The Morgan fingerprint density at radius 2 is 1.90 bits per heavy atom. The lowest BCUT2D eigenvalue weighted by atomic mass is 10.2. The van der Waals surface area contributed by atoms with E-state index in [1.165, 1.54) is 12.1 Å². The number of hydrogen-bond donors (Lipinski definition) is 1. The van der Waals surface area contributed by atoms with E-state index in [9.17, 15) is 4.79 Å². The number of ether oxygens (including phenoxy) is 2. The zero-order valence-corrected chi connectivity index (χ0v) is 12.4. The molecule has 0 saturated carbocycles. The van der Waals surface area contributed by atoms with Gasteiger partial charge in [-0.2, -0.15) is 0 Å². The van der Waals surface area contributed by atoms with Crippen LogP contribution < -0.4 is 9.47 Å². The van der Waals surface area contributed by atoms with Gasteiger partial charge in [0.25, 0.3) is 0 Å².